The zero-order valence-electron chi connectivity index (χ0n) is 11.2. The number of likely N-dealkylation sites (N-methyl/N-ethyl adjacent to an activating group) is 1. The minimum Gasteiger partial charge on any atom is -0.388 e. The van der Waals surface area contributed by atoms with Crippen molar-refractivity contribution in [2.24, 2.45) is 0 Å². The van der Waals surface area contributed by atoms with Crippen LogP contribution in [0.25, 0.3) is 0 Å². The third-order valence-electron chi connectivity index (χ3n) is 3.65. The van der Waals surface area contributed by atoms with Crippen molar-refractivity contribution < 1.29 is 14.6 Å². The van der Waals surface area contributed by atoms with E-state index >= 15 is 0 Å². The monoisotopic (exact) mass is 256 g/mol. The first-order chi connectivity index (χ1) is 8.57. The summed E-state index contributed by atoms with van der Waals surface area (Å²) in [6, 6.07) is 0.433. The van der Waals surface area contributed by atoms with Crippen LogP contribution in [0.3, 0.4) is 0 Å². The molecule has 18 heavy (non-hydrogen) atoms. The normalized spacial score (nSPS) is 23.1. The number of rotatable bonds is 6. The Morgan fingerprint density at radius 3 is 2.72 bits per heavy atom. The molecule has 0 spiro atoms. The van der Waals surface area contributed by atoms with E-state index in [1.165, 1.54) is 0 Å². The Labute approximate surface area is 108 Å². The molecule has 0 radical (unpaired) electrons. The van der Waals surface area contributed by atoms with Gasteiger partial charge in [-0.25, -0.2) is 0 Å². The van der Waals surface area contributed by atoms with Gasteiger partial charge in [0.05, 0.1) is 5.60 Å². The first-order valence-corrected chi connectivity index (χ1v) is 6.85. The Kier molecular flexibility index (Phi) is 4.59. The molecule has 0 bridgehead atoms. The zero-order chi connectivity index (χ0) is 13.0. The molecule has 0 aromatic heterocycles. The molecule has 0 aromatic carbocycles. The Hall–Kier alpha value is -0.650. The molecule has 1 aliphatic heterocycles. The zero-order valence-corrected chi connectivity index (χ0v) is 11.2. The van der Waals surface area contributed by atoms with Crippen molar-refractivity contribution in [1.82, 2.24) is 10.2 Å². The van der Waals surface area contributed by atoms with Crippen LogP contribution in [0.4, 0.5) is 0 Å². The minimum absolute atomic E-state index is 0.128. The molecule has 2 N–H and O–H groups in total. The van der Waals surface area contributed by atoms with Gasteiger partial charge in [0, 0.05) is 51.6 Å². The summed E-state index contributed by atoms with van der Waals surface area (Å²) in [6.07, 6.45) is 4.14. The Balaban J connectivity index is 1.64. The summed E-state index contributed by atoms with van der Waals surface area (Å²) >= 11 is 0. The Bertz CT molecular complexity index is 286. The first kappa shape index (κ1) is 13.8. The fourth-order valence-corrected chi connectivity index (χ4v) is 2.31. The van der Waals surface area contributed by atoms with E-state index in [0.717, 1.165) is 12.8 Å². The molecule has 5 nitrogen and oxygen atoms in total. The average Bonchev–Trinajstić information content (AvgIpc) is 3.11. The van der Waals surface area contributed by atoms with E-state index < -0.39 is 5.60 Å². The molecule has 0 aromatic rings. The van der Waals surface area contributed by atoms with Crippen LogP contribution in [0.2, 0.25) is 0 Å². The van der Waals surface area contributed by atoms with Crippen molar-refractivity contribution in [3.63, 3.8) is 0 Å². The Morgan fingerprint density at radius 2 is 2.11 bits per heavy atom. The Morgan fingerprint density at radius 1 is 1.44 bits per heavy atom. The summed E-state index contributed by atoms with van der Waals surface area (Å²) in [4.78, 5) is 13.6. The van der Waals surface area contributed by atoms with E-state index in [-0.39, 0.29) is 5.91 Å². The molecule has 1 heterocycles. The van der Waals surface area contributed by atoms with Gasteiger partial charge in [-0.1, -0.05) is 0 Å². The smallest absolute Gasteiger partial charge is 0.221 e. The van der Waals surface area contributed by atoms with E-state index in [9.17, 15) is 9.90 Å². The van der Waals surface area contributed by atoms with Crippen LogP contribution < -0.4 is 5.32 Å². The minimum atomic E-state index is -0.639. The summed E-state index contributed by atoms with van der Waals surface area (Å²) in [5.74, 6) is 0.128. The lowest BCUT2D eigenvalue weighted by Gasteiger charge is -2.35. The number of nitrogens with one attached hydrogen (secondary N) is 1. The highest BCUT2D eigenvalue weighted by Crippen LogP contribution is 2.21. The lowest BCUT2D eigenvalue weighted by atomic mass is 9.94. The van der Waals surface area contributed by atoms with E-state index in [1.54, 1.807) is 0 Å². The van der Waals surface area contributed by atoms with Gasteiger partial charge >= 0.3 is 0 Å². The van der Waals surface area contributed by atoms with Crippen molar-refractivity contribution in [2.45, 2.75) is 43.7 Å². The largest absolute Gasteiger partial charge is 0.388 e. The van der Waals surface area contributed by atoms with Gasteiger partial charge in [0.15, 0.2) is 0 Å². The molecule has 2 fully saturated rings. The number of hydrogen-bond acceptors (Lipinski definition) is 4. The maximum Gasteiger partial charge on any atom is 0.221 e. The number of carbonyl (C=O) groups is 1. The predicted molar refractivity (Wildman–Crippen MR) is 68.3 cm³/mol. The predicted octanol–water partition coefficient (Wildman–Crippen LogP) is 0.128. The molecular formula is C13H24N2O3. The molecule has 0 unspecified atom stereocenters. The second kappa shape index (κ2) is 5.99. The van der Waals surface area contributed by atoms with Crippen LogP contribution in [0, 0.1) is 0 Å². The molecule has 0 atom stereocenters. The van der Waals surface area contributed by atoms with Gasteiger partial charge in [-0.3, -0.25) is 4.79 Å². The maximum atomic E-state index is 11.5. The van der Waals surface area contributed by atoms with Crippen LogP contribution >= 0.6 is 0 Å². The summed E-state index contributed by atoms with van der Waals surface area (Å²) < 4.78 is 5.25. The number of carbonyl (C=O) groups excluding carboxylic acids is 1. The van der Waals surface area contributed by atoms with Crippen LogP contribution in [0.15, 0.2) is 0 Å². The van der Waals surface area contributed by atoms with E-state index in [2.05, 4.69) is 5.32 Å². The van der Waals surface area contributed by atoms with Crippen LogP contribution in [-0.4, -0.2) is 60.9 Å². The lowest BCUT2D eigenvalue weighted by Crippen LogP contribution is -2.46. The van der Waals surface area contributed by atoms with Gasteiger partial charge < -0.3 is 20.1 Å². The van der Waals surface area contributed by atoms with Crippen molar-refractivity contribution in [1.29, 1.82) is 0 Å². The molecule has 1 saturated carbocycles. The quantitative estimate of drug-likeness (QED) is 0.709. The summed E-state index contributed by atoms with van der Waals surface area (Å²) in [5.41, 5.74) is -0.639. The van der Waals surface area contributed by atoms with E-state index in [1.807, 2.05) is 11.9 Å². The molecule has 104 valence electrons. The lowest BCUT2D eigenvalue weighted by molar-refractivity contribution is -0.122. The number of amides is 1. The van der Waals surface area contributed by atoms with Crippen LogP contribution in [0.5, 0.6) is 0 Å². The number of hydrogen-bond donors (Lipinski definition) is 2. The van der Waals surface area contributed by atoms with Crippen LogP contribution in [0.1, 0.15) is 32.1 Å². The highest BCUT2D eigenvalue weighted by atomic mass is 16.5. The third-order valence-corrected chi connectivity index (χ3v) is 3.65. The standard InChI is InChI=1S/C13H24N2O3/c1-15(7-4-12(16)14-11-2-3-11)10-13(17)5-8-18-9-6-13/h11,17H,2-10H2,1H3,(H,14,16). The van der Waals surface area contributed by atoms with Crippen molar-refractivity contribution in [3.8, 4) is 0 Å². The molecule has 5 heteroatoms. The van der Waals surface area contributed by atoms with Gasteiger partial charge in [-0.2, -0.15) is 0 Å². The van der Waals surface area contributed by atoms with Gasteiger partial charge in [-0.15, -0.1) is 0 Å². The van der Waals surface area contributed by atoms with Crippen molar-refractivity contribution in [2.75, 3.05) is 33.4 Å². The summed E-state index contributed by atoms with van der Waals surface area (Å²) in [5, 5.41) is 13.3. The fraction of sp³-hybridized carbons (Fsp3) is 0.923. The molecule has 2 rings (SSSR count). The molecule has 1 amide bonds. The van der Waals surface area contributed by atoms with Crippen molar-refractivity contribution in [3.05, 3.63) is 0 Å². The highest BCUT2D eigenvalue weighted by Gasteiger charge is 2.31. The molecule has 1 saturated heterocycles. The fourth-order valence-electron chi connectivity index (χ4n) is 2.31. The second-order valence-electron chi connectivity index (χ2n) is 5.67. The van der Waals surface area contributed by atoms with Gasteiger partial charge in [-0.05, 0) is 19.9 Å². The van der Waals surface area contributed by atoms with Gasteiger partial charge in [0.1, 0.15) is 0 Å². The average molecular weight is 256 g/mol. The second-order valence-corrected chi connectivity index (χ2v) is 5.67. The topological polar surface area (TPSA) is 61.8 Å². The maximum absolute atomic E-state index is 11.5. The highest BCUT2D eigenvalue weighted by molar-refractivity contribution is 5.76. The SMILES string of the molecule is CN(CCC(=O)NC1CC1)CC1(O)CCOCC1. The molecule has 2 aliphatic rings. The molecule has 1 aliphatic carbocycles. The van der Waals surface area contributed by atoms with E-state index in [4.69, 9.17) is 4.74 Å². The number of nitrogens with zero attached hydrogens (tertiary/aromatic N) is 1. The molecular weight excluding hydrogens is 232 g/mol. The summed E-state index contributed by atoms with van der Waals surface area (Å²) in [7, 11) is 1.96. The first-order valence-electron chi connectivity index (χ1n) is 6.85. The van der Waals surface area contributed by atoms with E-state index in [0.29, 0.717) is 51.6 Å². The number of ether oxygens (including phenoxy) is 1. The third kappa shape index (κ3) is 4.55. The van der Waals surface area contributed by atoms with Crippen molar-refractivity contribution >= 4 is 5.91 Å². The van der Waals surface area contributed by atoms with Gasteiger partial charge in [0.25, 0.3) is 0 Å². The van der Waals surface area contributed by atoms with Gasteiger partial charge in [0.2, 0.25) is 5.91 Å². The van der Waals surface area contributed by atoms with Crippen LogP contribution in [-0.2, 0) is 9.53 Å². The summed E-state index contributed by atoms with van der Waals surface area (Å²) in [6.45, 7) is 2.58. The number of aliphatic hydroxyl groups is 1.